The monoisotopic (exact) mass is 203 g/mol. The van der Waals surface area contributed by atoms with E-state index in [1.807, 2.05) is 0 Å². The Labute approximate surface area is 79.4 Å². The third-order valence-corrected chi connectivity index (χ3v) is 1.76. The molecule has 1 N–H and O–H groups in total. The molecule has 3 nitrogen and oxygen atoms in total. The Morgan fingerprint density at radius 2 is 2.31 bits per heavy atom. The molecule has 1 aromatic carbocycles. The van der Waals surface area contributed by atoms with Crippen LogP contribution >= 0.6 is 11.6 Å². The van der Waals surface area contributed by atoms with E-state index in [2.05, 4.69) is 5.16 Å². The molecular formula is C8H7ClFNO2. The largest absolute Gasteiger partial charge is 0.497 e. The van der Waals surface area contributed by atoms with Crippen LogP contribution in [0.3, 0.4) is 0 Å². The minimum absolute atomic E-state index is 0.00326. The van der Waals surface area contributed by atoms with Gasteiger partial charge in [-0.3, -0.25) is 0 Å². The molecule has 0 unspecified atom stereocenters. The van der Waals surface area contributed by atoms with Gasteiger partial charge in [0, 0.05) is 0 Å². The molecule has 70 valence electrons. The predicted molar refractivity (Wildman–Crippen MR) is 47.1 cm³/mol. The maximum atomic E-state index is 13.0. The highest BCUT2D eigenvalue weighted by atomic mass is 35.5. The summed E-state index contributed by atoms with van der Waals surface area (Å²) in [6.45, 7) is 0. The summed E-state index contributed by atoms with van der Waals surface area (Å²) in [6, 6.07) is 3.97. The molecule has 0 bridgehead atoms. The van der Waals surface area contributed by atoms with E-state index in [0.29, 0.717) is 5.75 Å². The van der Waals surface area contributed by atoms with Crippen molar-refractivity contribution in [1.29, 1.82) is 0 Å². The first kappa shape index (κ1) is 9.80. The molecule has 13 heavy (non-hydrogen) atoms. The van der Waals surface area contributed by atoms with Gasteiger partial charge in [-0.25, -0.2) is 4.39 Å². The fraction of sp³-hybridized carbons (Fsp3) is 0.125. The first-order valence-electron chi connectivity index (χ1n) is 3.40. The van der Waals surface area contributed by atoms with Crippen molar-refractivity contribution in [3.63, 3.8) is 0 Å². The van der Waals surface area contributed by atoms with E-state index in [4.69, 9.17) is 21.5 Å². The number of halogens is 2. The van der Waals surface area contributed by atoms with E-state index < -0.39 is 5.82 Å². The Hall–Kier alpha value is -1.29. The van der Waals surface area contributed by atoms with Crippen LogP contribution in [-0.4, -0.2) is 17.5 Å². The molecule has 0 aliphatic rings. The number of hydrogen-bond acceptors (Lipinski definition) is 3. The summed E-state index contributed by atoms with van der Waals surface area (Å²) >= 11 is 5.43. The average molecular weight is 204 g/mol. The number of rotatable bonds is 2. The Balaban J connectivity index is 3.19. The maximum Gasteiger partial charge on any atom is 0.178 e. The van der Waals surface area contributed by atoms with Gasteiger partial charge in [0.25, 0.3) is 0 Å². The molecule has 0 saturated heterocycles. The molecule has 0 fully saturated rings. The van der Waals surface area contributed by atoms with Crippen molar-refractivity contribution < 1.29 is 14.3 Å². The molecular weight excluding hydrogens is 197 g/mol. The number of oxime groups is 1. The van der Waals surface area contributed by atoms with Crippen LogP contribution in [0.5, 0.6) is 5.75 Å². The van der Waals surface area contributed by atoms with Gasteiger partial charge >= 0.3 is 0 Å². The summed E-state index contributed by atoms with van der Waals surface area (Å²) < 4.78 is 17.9. The fourth-order valence-electron chi connectivity index (χ4n) is 0.843. The van der Waals surface area contributed by atoms with Crippen LogP contribution in [0.2, 0.25) is 0 Å². The van der Waals surface area contributed by atoms with E-state index in [0.717, 1.165) is 0 Å². The van der Waals surface area contributed by atoms with E-state index in [1.165, 1.54) is 25.3 Å². The zero-order valence-corrected chi connectivity index (χ0v) is 7.55. The molecule has 0 amide bonds. The Morgan fingerprint density at radius 1 is 1.62 bits per heavy atom. The number of methoxy groups -OCH3 is 1. The molecule has 0 saturated carbocycles. The van der Waals surface area contributed by atoms with Crippen LogP contribution in [-0.2, 0) is 0 Å². The van der Waals surface area contributed by atoms with Crippen LogP contribution in [0.25, 0.3) is 0 Å². The Bertz CT molecular complexity index is 341. The minimum Gasteiger partial charge on any atom is -0.497 e. The average Bonchev–Trinajstić information content (AvgIpc) is 2.17. The third kappa shape index (κ3) is 2.09. The normalized spacial score (nSPS) is 11.5. The lowest BCUT2D eigenvalue weighted by Gasteiger charge is -2.02. The summed E-state index contributed by atoms with van der Waals surface area (Å²) in [7, 11) is 1.45. The van der Waals surface area contributed by atoms with Crippen molar-refractivity contribution in [2.24, 2.45) is 5.16 Å². The van der Waals surface area contributed by atoms with E-state index in [1.54, 1.807) is 0 Å². The molecule has 1 rings (SSSR count). The van der Waals surface area contributed by atoms with E-state index in [-0.39, 0.29) is 10.7 Å². The van der Waals surface area contributed by atoms with E-state index >= 15 is 0 Å². The van der Waals surface area contributed by atoms with Gasteiger partial charge in [0.05, 0.1) is 12.7 Å². The second kappa shape index (κ2) is 4.09. The number of hydrogen-bond donors (Lipinski definition) is 1. The molecule has 0 radical (unpaired) electrons. The zero-order valence-electron chi connectivity index (χ0n) is 6.79. The smallest absolute Gasteiger partial charge is 0.178 e. The second-order valence-electron chi connectivity index (χ2n) is 2.24. The van der Waals surface area contributed by atoms with Gasteiger partial charge in [0.2, 0.25) is 0 Å². The van der Waals surface area contributed by atoms with Gasteiger partial charge in [-0.05, 0) is 18.2 Å². The Kier molecular flexibility index (Phi) is 3.08. The molecule has 1 aromatic rings. The second-order valence-corrected chi connectivity index (χ2v) is 2.59. The first-order valence-corrected chi connectivity index (χ1v) is 3.78. The molecule has 0 atom stereocenters. The van der Waals surface area contributed by atoms with Crippen molar-refractivity contribution in [2.75, 3.05) is 7.11 Å². The lowest BCUT2D eigenvalue weighted by Crippen LogP contribution is -1.97. The van der Waals surface area contributed by atoms with Gasteiger partial charge in [-0.2, -0.15) is 0 Å². The molecule has 5 heteroatoms. The fourth-order valence-corrected chi connectivity index (χ4v) is 0.988. The van der Waals surface area contributed by atoms with E-state index in [9.17, 15) is 4.39 Å². The van der Waals surface area contributed by atoms with Crippen molar-refractivity contribution in [3.8, 4) is 5.75 Å². The highest BCUT2D eigenvalue weighted by Gasteiger charge is 2.08. The molecule has 0 heterocycles. The number of ether oxygens (including phenoxy) is 1. The number of benzene rings is 1. The maximum absolute atomic E-state index is 13.0. The van der Waals surface area contributed by atoms with Crippen LogP contribution in [0.4, 0.5) is 4.39 Å². The highest BCUT2D eigenvalue weighted by Crippen LogP contribution is 2.18. The van der Waals surface area contributed by atoms with Crippen molar-refractivity contribution in [3.05, 3.63) is 29.6 Å². The first-order chi connectivity index (χ1) is 6.19. The van der Waals surface area contributed by atoms with Crippen molar-refractivity contribution in [1.82, 2.24) is 0 Å². The van der Waals surface area contributed by atoms with Gasteiger partial charge in [-0.15, -0.1) is 0 Å². The zero-order chi connectivity index (χ0) is 9.84. The predicted octanol–water partition coefficient (Wildman–Crippen LogP) is 2.21. The summed E-state index contributed by atoms with van der Waals surface area (Å²) in [6.07, 6.45) is 0. The topological polar surface area (TPSA) is 41.8 Å². The molecule has 0 aliphatic heterocycles. The van der Waals surface area contributed by atoms with Gasteiger partial charge in [0.1, 0.15) is 11.6 Å². The van der Waals surface area contributed by atoms with Crippen LogP contribution < -0.4 is 4.74 Å². The van der Waals surface area contributed by atoms with Crippen LogP contribution in [0, 0.1) is 5.82 Å². The van der Waals surface area contributed by atoms with Gasteiger partial charge < -0.3 is 9.94 Å². The quantitative estimate of drug-likeness (QED) is 0.455. The third-order valence-electron chi connectivity index (χ3n) is 1.48. The summed E-state index contributed by atoms with van der Waals surface area (Å²) in [5.41, 5.74) is 0.00326. The van der Waals surface area contributed by atoms with Crippen LogP contribution in [0.15, 0.2) is 23.4 Å². The summed E-state index contributed by atoms with van der Waals surface area (Å²) in [4.78, 5) is 0. The molecule has 0 spiro atoms. The van der Waals surface area contributed by atoms with Gasteiger partial charge in [0.15, 0.2) is 5.17 Å². The summed E-state index contributed by atoms with van der Waals surface area (Å²) in [5, 5.41) is 10.7. The highest BCUT2D eigenvalue weighted by molar-refractivity contribution is 6.69. The minimum atomic E-state index is -0.566. The molecule has 0 aliphatic carbocycles. The number of nitrogens with zero attached hydrogens (tertiary/aromatic N) is 1. The SMILES string of the molecule is COc1ccc(F)c(/C(Cl)=N/O)c1. The van der Waals surface area contributed by atoms with Crippen molar-refractivity contribution in [2.45, 2.75) is 0 Å². The van der Waals surface area contributed by atoms with Crippen molar-refractivity contribution >= 4 is 16.8 Å². The van der Waals surface area contributed by atoms with Crippen LogP contribution in [0.1, 0.15) is 5.56 Å². The lowest BCUT2D eigenvalue weighted by atomic mass is 10.2. The lowest BCUT2D eigenvalue weighted by molar-refractivity contribution is 0.320. The Morgan fingerprint density at radius 3 is 2.85 bits per heavy atom. The molecule has 0 aromatic heterocycles. The standard InChI is InChI=1S/C8H7ClFNO2/c1-13-5-2-3-7(10)6(4-5)8(9)11-12/h2-4,12H,1H3/b11-8-. The summed E-state index contributed by atoms with van der Waals surface area (Å²) in [5.74, 6) is -0.123. The van der Waals surface area contributed by atoms with Gasteiger partial charge in [-0.1, -0.05) is 16.8 Å².